The lowest BCUT2D eigenvalue weighted by molar-refractivity contribution is 0.0528. The van der Waals surface area contributed by atoms with Crippen molar-refractivity contribution < 1.29 is 4.74 Å². The summed E-state index contributed by atoms with van der Waals surface area (Å²) in [6.07, 6.45) is 0.224. The third-order valence-electron chi connectivity index (χ3n) is 3.37. The second-order valence-electron chi connectivity index (χ2n) is 6.26. The maximum absolute atomic E-state index is 6.05. The number of nitrogen functional groups attached to an aromatic ring is 1. The summed E-state index contributed by atoms with van der Waals surface area (Å²) in [5.41, 5.74) is 6.91. The summed E-state index contributed by atoms with van der Waals surface area (Å²) in [5.74, 6) is 2.33. The first-order chi connectivity index (χ1) is 8.79. The number of nitrogens with zero attached hydrogens (tertiary/aromatic N) is 3. The van der Waals surface area contributed by atoms with Gasteiger partial charge in [0.25, 0.3) is 0 Å². The summed E-state index contributed by atoms with van der Waals surface area (Å²) in [6.45, 7) is 12.8. The van der Waals surface area contributed by atoms with E-state index in [1.165, 1.54) is 0 Å². The van der Waals surface area contributed by atoms with Crippen molar-refractivity contribution in [1.82, 2.24) is 9.97 Å². The number of hydrogen-bond acceptors (Lipinski definition) is 5. The molecule has 2 N–H and O–H groups in total. The molecule has 1 atom stereocenters. The van der Waals surface area contributed by atoms with E-state index in [0.29, 0.717) is 5.82 Å². The fraction of sp³-hybridized carbons (Fsp3) is 0.714. The Morgan fingerprint density at radius 1 is 1.32 bits per heavy atom. The molecule has 1 aliphatic heterocycles. The summed E-state index contributed by atoms with van der Waals surface area (Å²) in [6, 6.07) is 0. The fourth-order valence-corrected chi connectivity index (χ4v) is 2.18. The average molecular weight is 264 g/mol. The molecule has 0 bridgehead atoms. The monoisotopic (exact) mass is 264 g/mol. The van der Waals surface area contributed by atoms with E-state index in [1.807, 2.05) is 6.92 Å². The second-order valence-corrected chi connectivity index (χ2v) is 6.26. The zero-order valence-corrected chi connectivity index (χ0v) is 12.5. The Labute approximate surface area is 115 Å². The Morgan fingerprint density at radius 2 is 2.00 bits per heavy atom. The average Bonchev–Trinajstić information content (AvgIpc) is 2.31. The molecule has 1 aliphatic rings. The summed E-state index contributed by atoms with van der Waals surface area (Å²) in [4.78, 5) is 11.4. The standard InChI is InChI=1S/C14H24N4O/c1-9-8-18(6-7-19-9)12-10(2)11(15)16-13(17-12)14(3,4)5/h9H,6-8H2,1-5H3,(H2,15,16,17). The fourth-order valence-electron chi connectivity index (χ4n) is 2.18. The van der Waals surface area contributed by atoms with Crippen molar-refractivity contribution in [2.45, 2.75) is 46.1 Å². The maximum Gasteiger partial charge on any atom is 0.138 e. The van der Waals surface area contributed by atoms with Gasteiger partial charge in [-0.25, -0.2) is 9.97 Å². The van der Waals surface area contributed by atoms with Crippen LogP contribution in [0.3, 0.4) is 0 Å². The zero-order valence-electron chi connectivity index (χ0n) is 12.5. The SMILES string of the molecule is Cc1c(N)nc(C(C)(C)C)nc1N1CCOC(C)C1. The first-order valence-corrected chi connectivity index (χ1v) is 6.80. The molecule has 106 valence electrons. The lowest BCUT2D eigenvalue weighted by Crippen LogP contribution is -2.42. The Morgan fingerprint density at radius 3 is 2.58 bits per heavy atom. The molecule has 0 aliphatic carbocycles. The lowest BCUT2D eigenvalue weighted by atomic mass is 9.95. The van der Waals surface area contributed by atoms with Gasteiger partial charge in [0.15, 0.2) is 0 Å². The van der Waals surface area contributed by atoms with Gasteiger partial charge in [-0.05, 0) is 13.8 Å². The van der Waals surface area contributed by atoms with E-state index < -0.39 is 0 Å². The van der Waals surface area contributed by atoms with E-state index in [9.17, 15) is 0 Å². The molecule has 0 aromatic carbocycles. The zero-order chi connectivity index (χ0) is 14.2. The third kappa shape index (κ3) is 2.97. The van der Waals surface area contributed by atoms with E-state index in [4.69, 9.17) is 15.5 Å². The molecular formula is C14H24N4O. The molecule has 5 nitrogen and oxygen atoms in total. The maximum atomic E-state index is 6.05. The molecule has 2 heterocycles. The normalized spacial score (nSPS) is 20.7. The Kier molecular flexibility index (Phi) is 3.67. The van der Waals surface area contributed by atoms with Crippen LogP contribution in [0.15, 0.2) is 0 Å². The van der Waals surface area contributed by atoms with Gasteiger partial charge in [0.1, 0.15) is 17.5 Å². The van der Waals surface area contributed by atoms with Gasteiger partial charge in [0, 0.05) is 24.1 Å². The van der Waals surface area contributed by atoms with Crippen molar-refractivity contribution >= 4 is 11.6 Å². The van der Waals surface area contributed by atoms with Crippen LogP contribution in [-0.4, -0.2) is 35.8 Å². The van der Waals surface area contributed by atoms with Gasteiger partial charge in [0.05, 0.1) is 12.7 Å². The molecule has 1 fully saturated rings. The molecule has 0 saturated carbocycles. The number of aromatic nitrogens is 2. The number of nitrogens with two attached hydrogens (primary N) is 1. The number of morpholine rings is 1. The predicted molar refractivity (Wildman–Crippen MR) is 77.5 cm³/mol. The van der Waals surface area contributed by atoms with E-state index in [-0.39, 0.29) is 11.5 Å². The Balaban J connectivity index is 2.41. The number of rotatable bonds is 1. The number of ether oxygens (including phenoxy) is 1. The molecule has 0 radical (unpaired) electrons. The largest absolute Gasteiger partial charge is 0.383 e. The minimum Gasteiger partial charge on any atom is -0.383 e. The molecule has 0 amide bonds. The highest BCUT2D eigenvalue weighted by molar-refractivity contribution is 5.57. The van der Waals surface area contributed by atoms with Crippen LogP contribution in [-0.2, 0) is 10.2 Å². The summed E-state index contributed by atoms with van der Waals surface area (Å²) >= 11 is 0. The topological polar surface area (TPSA) is 64.3 Å². The highest BCUT2D eigenvalue weighted by Gasteiger charge is 2.25. The molecule has 1 saturated heterocycles. The van der Waals surface area contributed by atoms with Crippen LogP contribution in [0.5, 0.6) is 0 Å². The Hall–Kier alpha value is -1.36. The number of hydrogen-bond donors (Lipinski definition) is 1. The molecular weight excluding hydrogens is 240 g/mol. The van der Waals surface area contributed by atoms with Gasteiger partial charge in [-0.3, -0.25) is 0 Å². The van der Waals surface area contributed by atoms with E-state index in [2.05, 4.69) is 37.6 Å². The van der Waals surface area contributed by atoms with E-state index in [1.54, 1.807) is 0 Å². The molecule has 5 heteroatoms. The van der Waals surface area contributed by atoms with Crippen LogP contribution in [0.25, 0.3) is 0 Å². The van der Waals surface area contributed by atoms with Crippen molar-refractivity contribution in [2.75, 3.05) is 30.3 Å². The highest BCUT2D eigenvalue weighted by atomic mass is 16.5. The van der Waals surface area contributed by atoms with Crippen molar-refractivity contribution in [3.63, 3.8) is 0 Å². The van der Waals surface area contributed by atoms with E-state index >= 15 is 0 Å². The summed E-state index contributed by atoms with van der Waals surface area (Å²) in [5, 5.41) is 0. The van der Waals surface area contributed by atoms with Crippen LogP contribution < -0.4 is 10.6 Å². The van der Waals surface area contributed by atoms with Gasteiger partial charge in [-0.1, -0.05) is 20.8 Å². The summed E-state index contributed by atoms with van der Waals surface area (Å²) in [7, 11) is 0. The molecule has 1 unspecified atom stereocenters. The van der Waals surface area contributed by atoms with Crippen LogP contribution in [0, 0.1) is 6.92 Å². The summed E-state index contributed by atoms with van der Waals surface area (Å²) < 4.78 is 5.58. The van der Waals surface area contributed by atoms with Gasteiger partial charge >= 0.3 is 0 Å². The molecule has 1 aromatic rings. The molecule has 0 spiro atoms. The van der Waals surface area contributed by atoms with Crippen LogP contribution in [0.2, 0.25) is 0 Å². The third-order valence-corrected chi connectivity index (χ3v) is 3.37. The minimum atomic E-state index is -0.103. The molecule has 19 heavy (non-hydrogen) atoms. The van der Waals surface area contributed by atoms with Crippen molar-refractivity contribution in [2.24, 2.45) is 0 Å². The molecule has 1 aromatic heterocycles. The van der Waals surface area contributed by atoms with Gasteiger partial charge < -0.3 is 15.4 Å². The minimum absolute atomic E-state index is 0.103. The first-order valence-electron chi connectivity index (χ1n) is 6.80. The van der Waals surface area contributed by atoms with E-state index in [0.717, 1.165) is 36.9 Å². The van der Waals surface area contributed by atoms with Crippen molar-refractivity contribution in [3.05, 3.63) is 11.4 Å². The predicted octanol–water partition coefficient (Wildman–Crippen LogP) is 1.89. The Bertz CT molecular complexity index is 467. The second kappa shape index (κ2) is 4.96. The number of anilines is 2. The van der Waals surface area contributed by atoms with Gasteiger partial charge in [-0.2, -0.15) is 0 Å². The van der Waals surface area contributed by atoms with Crippen LogP contribution in [0.1, 0.15) is 39.1 Å². The van der Waals surface area contributed by atoms with Gasteiger partial charge in [-0.15, -0.1) is 0 Å². The lowest BCUT2D eigenvalue weighted by Gasteiger charge is -2.33. The van der Waals surface area contributed by atoms with Crippen molar-refractivity contribution in [1.29, 1.82) is 0 Å². The first kappa shape index (κ1) is 14.1. The van der Waals surface area contributed by atoms with Crippen molar-refractivity contribution in [3.8, 4) is 0 Å². The molecule has 2 rings (SSSR count). The van der Waals surface area contributed by atoms with Crippen LogP contribution in [0.4, 0.5) is 11.6 Å². The quantitative estimate of drug-likeness (QED) is 0.839. The van der Waals surface area contributed by atoms with Crippen LogP contribution >= 0.6 is 0 Å². The smallest absolute Gasteiger partial charge is 0.138 e. The van der Waals surface area contributed by atoms with Gasteiger partial charge in [0.2, 0.25) is 0 Å². The highest BCUT2D eigenvalue weighted by Crippen LogP contribution is 2.27.